The summed E-state index contributed by atoms with van der Waals surface area (Å²) in [5, 5.41) is 11.8. The van der Waals surface area contributed by atoms with Gasteiger partial charge in [-0.1, -0.05) is 65.4 Å². The molecule has 0 aliphatic carbocycles. The molecule has 1 aliphatic rings. The van der Waals surface area contributed by atoms with Crippen LogP contribution >= 0.6 is 11.8 Å². The molecule has 0 atom stereocenters. The molecule has 3 nitrogen and oxygen atoms in total. The Labute approximate surface area is 150 Å². The maximum atomic E-state index is 11.6. The SMILES string of the molecule is CN1C(=O)CSC1=CCc1cc(C(C)(C)C)c(O)c(C(C)(C)C)c1. The highest BCUT2D eigenvalue weighted by Crippen LogP contribution is 2.40. The monoisotopic (exact) mass is 347 g/mol. The zero-order valence-corrected chi connectivity index (χ0v) is 16.7. The van der Waals surface area contributed by atoms with Gasteiger partial charge in [-0.2, -0.15) is 0 Å². The van der Waals surface area contributed by atoms with Gasteiger partial charge in [0.25, 0.3) is 0 Å². The van der Waals surface area contributed by atoms with Crippen LogP contribution in [0, 0.1) is 0 Å². The first-order valence-electron chi connectivity index (χ1n) is 8.37. The average Bonchev–Trinajstić information content (AvgIpc) is 2.75. The molecule has 0 aromatic heterocycles. The zero-order valence-electron chi connectivity index (χ0n) is 15.9. The molecule has 0 unspecified atom stereocenters. The lowest BCUT2D eigenvalue weighted by Gasteiger charge is -2.28. The molecule has 0 bridgehead atoms. The summed E-state index contributed by atoms with van der Waals surface area (Å²) < 4.78 is 0. The second-order valence-corrected chi connectivity index (χ2v) is 9.52. The Hall–Kier alpha value is -1.42. The number of aromatic hydroxyl groups is 1. The normalized spacial score (nSPS) is 17.9. The molecule has 0 spiro atoms. The van der Waals surface area contributed by atoms with Crippen LogP contribution in [-0.2, 0) is 22.0 Å². The number of hydrogen-bond donors (Lipinski definition) is 1. The molecule has 1 aromatic rings. The fourth-order valence-corrected chi connectivity index (χ4v) is 3.77. The van der Waals surface area contributed by atoms with Crippen LogP contribution in [-0.4, -0.2) is 28.7 Å². The smallest absolute Gasteiger partial charge is 0.237 e. The van der Waals surface area contributed by atoms with E-state index in [9.17, 15) is 9.90 Å². The van der Waals surface area contributed by atoms with Crippen LogP contribution in [0.2, 0.25) is 0 Å². The van der Waals surface area contributed by atoms with Crippen LogP contribution in [0.25, 0.3) is 0 Å². The van der Waals surface area contributed by atoms with Gasteiger partial charge in [0.1, 0.15) is 5.75 Å². The molecule has 0 saturated carbocycles. The average molecular weight is 348 g/mol. The maximum Gasteiger partial charge on any atom is 0.237 e. The van der Waals surface area contributed by atoms with Crippen molar-refractivity contribution in [3.05, 3.63) is 39.9 Å². The summed E-state index contributed by atoms with van der Waals surface area (Å²) in [5.41, 5.74) is 2.88. The van der Waals surface area contributed by atoms with Crippen LogP contribution < -0.4 is 0 Å². The number of carbonyl (C=O) groups excluding carboxylic acids is 1. The Morgan fingerprint density at radius 2 is 1.62 bits per heavy atom. The summed E-state index contributed by atoms with van der Waals surface area (Å²) in [5.74, 6) is 1.09. The number of hydrogen-bond acceptors (Lipinski definition) is 3. The van der Waals surface area contributed by atoms with Gasteiger partial charge in [0, 0.05) is 7.05 Å². The number of rotatable bonds is 2. The summed E-state index contributed by atoms with van der Waals surface area (Å²) in [6.07, 6.45) is 2.87. The van der Waals surface area contributed by atoms with Crippen LogP contribution in [0.1, 0.15) is 58.2 Å². The van der Waals surface area contributed by atoms with Crippen LogP contribution in [0.4, 0.5) is 0 Å². The second-order valence-electron chi connectivity index (χ2n) is 8.53. The first kappa shape index (κ1) is 18.9. The van der Waals surface area contributed by atoms with Gasteiger partial charge in [0.15, 0.2) is 0 Å². The lowest BCUT2D eigenvalue weighted by molar-refractivity contribution is -0.124. The lowest BCUT2D eigenvalue weighted by Crippen LogP contribution is -2.19. The standard InChI is InChI=1S/C20H29NO2S/c1-19(2,3)14-10-13(11-15(18(14)23)20(4,5)6)8-9-17-21(7)16(22)12-24-17/h9-11,23H,8,12H2,1-7H3. The fraction of sp³-hybridized carbons (Fsp3) is 0.550. The molecule has 1 aromatic carbocycles. The maximum absolute atomic E-state index is 11.6. The molecule has 2 rings (SSSR count). The van der Waals surface area contributed by atoms with Crippen LogP contribution in [0.15, 0.2) is 23.2 Å². The third-order valence-electron chi connectivity index (χ3n) is 4.35. The van der Waals surface area contributed by atoms with Crippen molar-refractivity contribution in [3.8, 4) is 5.75 Å². The molecular weight excluding hydrogens is 318 g/mol. The van der Waals surface area contributed by atoms with E-state index in [0.717, 1.165) is 22.6 Å². The number of allylic oxidation sites excluding steroid dienone is 1. The Morgan fingerprint density at radius 1 is 1.12 bits per heavy atom. The predicted molar refractivity (Wildman–Crippen MR) is 103 cm³/mol. The highest BCUT2D eigenvalue weighted by atomic mass is 32.2. The molecule has 1 heterocycles. The number of phenolic OH excluding ortho intramolecular Hbond substituents is 1. The second kappa shape index (κ2) is 6.47. The molecule has 132 valence electrons. The minimum absolute atomic E-state index is 0.123. The van der Waals surface area contributed by atoms with Gasteiger partial charge in [-0.3, -0.25) is 4.79 Å². The number of benzene rings is 1. The van der Waals surface area contributed by atoms with E-state index >= 15 is 0 Å². The van der Waals surface area contributed by atoms with Crippen molar-refractivity contribution >= 4 is 17.7 Å². The van der Waals surface area contributed by atoms with Gasteiger partial charge < -0.3 is 10.0 Å². The first-order valence-corrected chi connectivity index (χ1v) is 9.36. The Bertz CT molecular complexity index is 643. The zero-order chi connectivity index (χ0) is 18.3. The molecule has 0 radical (unpaired) electrons. The summed E-state index contributed by atoms with van der Waals surface area (Å²) in [7, 11) is 1.83. The van der Waals surface area contributed by atoms with Gasteiger partial charge in [-0.15, -0.1) is 0 Å². The van der Waals surface area contributed by atoms with Crippen molar-refractivity contribution in [2.75, 3.05) is 12.8 Å². The Morgan fingerprint density at radius 3 is 2.00 bits per heavy atom. The highest BCUT2D eigenvalue weighted by molar-refractivity contribution is 8.04. The highest BCUT2D eigenvalue weighted by Gasteiger charge is 2.27. The van der Waals surface area contributed by atoms with Crippen LogP contribution in [0.5, 0.6) is 5.75 Å². The fourth-order valence-electron chi connectivity index (χ4n) is 2.81. The van der Waals surface area contributed by atoms with E-state index in [4.69, 9.17) is 0 Å². The van der Waals surface area contributed by atoms with Gasteiger partial charge in [0.05, 0.1) is 10.8 Å². The number of phenols is 1. The summed E-state index contributed by atoms with van der Waals surface area (Å²) in [4.78, 5) is 13.4. The lowest BCUT2D eigenvalue weighted by atomic mass is 9.78. The van der Waals surface area contributed by atoms with Crippen LogP contribution in [0.3, 0.4) is 0 Å². The van der Waals surface area contributed by atoms with Crippen molar-refractivity contribution in [1.82, 2.24) is 4.90 Å². The number of amides is 1. The van der Waals surface area contributed by atoms with Crippen molar-refractivity contribution in [2.24, 2.45) is 0 Å². The molecule has 1 amide bonds. The van der Waals surface area contributed by atoms with Crippen molar-refractivity contribution < 1.29 is 9.90 Å². The molecule has 1 aliphatic heterocycles. The van der Waals surface area contributed by atoms with E-state index < -0.39 is 0 Å². The molecular formula is C20H29NO2S. The molecule has 4 heteroatoms. The van der Waals surface area contributed by atoms with Crippen molar-refractivity contribution in [1.29, 1.82) is 0 Å². The van der Waals surface area contributed by atoms with Gasteiger partial charge in [-0.05, 0) is 40.0 Å². The topological polar surface area (TPSA) is 40.5 Å². The largest absolute Gasteiger partial charge is 0.507 e. The predicted octanol–water partition coefficient (Wildman–Crippen LogP) is 4.58. The summed E-state index contributed by atoms with van der Waals surface area (Å²) in [6, 6.07) is 4.20. The van der Waals surface area contributed by atoms with Gasteiger partial charge in [0.2, 0.25) is 5.91 Å². The first-order chi connectivity index (χ1) is 10.9. The van der Waals surface area contributed by atoms with Gasteiger partial charge in [-0.25, -0.2) is 0 Å². The number of nitrogens with zero attached hydrogens (tertiary/aromatic N) is 1. The minimum Gasteiger partial charge on any atom is -0.507 e. The van der Waals surface area contributed by atoms with E-state index in [1.165, 1.54) is 5.56 Å². The van der Waals surface area contributed by atoms with E-state index in [1.54, 1.807) is 16.7 Å². The Kier molecular flexibility index (Phi) is 5.10. The van der Waals surface area contributed by atoms with E-state index in [1.807, 2.05) is 7.05 Å². The number of carbonyl (C=O) groups is 1. The van der Waals surface area contributed by atoms with E-state index in [2.05, 4.69) is 59.8 Å². The quantitative estimate of drug-likeness (QED) is 0.851. The summed E-state index contributed by atoms with van der Waals surface area (Å²) >= 11 is 1.59. The molecule has 24 heavy (non-hydrogen) atoms. The van der Waals surface area contributed by atoms with Crippen molar-refractivity contribution in [2.45, 2.75) is 58.8 Å². The molecule has 1 fully saturated rings. The molecule has 1 saturated heterocycles. The summed E-state index contributed by atoms with van der Waals surface area (Å²) in [6.45, 7) is 12.7. The number of thioether (sulfide) groups is 1. The minimum atomic E-state index is -0.123. The third-order valence-corrected chi connectivity index (χ3v) is 5.47. The van der Waals surface area contributed by atoms with E-state index in [-0.39, 0.29) is 16.7 Å². The van der Waals surface area contributed by atoms with Gasteiger partial charge >= 0.3 is 0 Å². The Balaban J connectivity index is 2.44. The van der Waals surface area contributed by atoms with E-state index in [0.29, 0.717) is 11.5 Å². The van der Waals surface area contributed by atoms with Crippen molar-refractivity contribution in [3.63, 3.8) is 0 Å². The molecule has 1 N–H and O–H groups in total. The third kappa shape index (κ3) is 3.97.